The molecule has 0 aromatic heterocycles. The second-order valence-electron chi connectivity index (χ2n) is 13.3. The number of rotatable bonds is 10. The van der Waals surface area contributed by atoms with Crippen LogP contribution in [-0.2, 0) is 4.79 Å². The third-order valence-electron chi connectivity index (χ3n) is 10.3. The van der Waals surface area contributed by atoms with E-state index in [0.717, 1.165) is 37.0 Å². The van der Waals surface area contributed by atoms with Gasteiger partial charge in [-0.15, -0.1) is 23.5 Å². The van der Waals surface area contributed by atoms with Gasteiger partial charge < -0.3 is 0 Å². The first-order valence-corrected chi connectivity index (χ1v) is 19.8. The summed E-state index contributed by atoms with van der Waals surface area (Å²) in [6.45, 7) is 9.04. The Labute approximate surface area is 293 Å². The molecule has 0 fully saturated rings. The molecule has 4 aromatic rings. The molecule has 0 N–H and O–H groups in total. The molecule has 0 saturated carbocycles. The van der Waals surface area contributed by atoms with E-state index < -0.39 is 0 Å². The maximum atomic E-state index is 13.8. The fraction of sp³-hybridized carbons (Fsp3) is 0.386. The number of fused-ring (bicyclic) bond motifs is 2. The van der Waals surface area contributed by atoms with Crippen LogP contribution in [0.1, 0.15) is 107 Å². The van der Waals surface area contributed by atoms with Gasteiger partial charge in [0.1, 0.15) is 0 Å². The maximum Gasteiger partial charge on any atom is 0.151 e. The first-order valence-electron chi connectivity index (χ1n) is 17.8. The standard InChI is InChI=1S/C22H26OS.C22H26S/c1-3-5-15-22(4-2)16-24-19-14-10-9-13-18(19)20(21(22)23)17-11-7-6-8-12-17;1-3-5-15-22(4-2)16-20(18-11-7-6-8-12-18)19-13-9-10-14-21(19)23-17-22/h6-14,20H,3-5,15-16H2,1-2H3;6-14,16H,3-5,15,17H2,1-2H3. The topological polar surface area (TPSA) is 17.1 Å². The van der Waals surface area contributed by atoms with Crippen molar-refractivity contribution in [3.63, 3.8) is 0 Å². The largest absolute Gasteiger partial charge is 0.298 e. The molecule has 0 saturated heterocycles. The molecule has 0 radical (unpaired) electrons. The molecule has 6 rings (SSSR count). The van der Waals surface area contributed by atoms with Crippen molar-refractivity contribution in [1.82, 2.24) is 0 Å². The first-order chi connectivity index (χ1) is 23.0. The van der Waals surface area contributed by atoms with Crippen molar-refractivity contribution in [2.45, 2.75) is 94.8 Å². The zero-order valence-corrected chi connectivity index (χ0v) is 30.5. The number of carbonyl (C=O) groups is 1. The summed E-state index contributed by atoms with van der Waals surface area (Å²) in [5.41, 5.74) is 6.58. The van der Waals surface area contributed by atoms with Gasteiger partial charge in [-0.1, -0.05) is 157 Å². The second-order valence-corrected chi connectivity index (χ2v) is 15.3. The number of Topliss-reactive ketones (excluding diaryl/α,β-unsaturated/α-hetero) is 1. The zero-order valence-electron chi connectivity index (χ0n) is 28.8. The van der Waals surface area contributed by atoms with Gasteiger partial charge in [0.05, 0.1) is 5.92 Å². The van der Waals surface area contributed by atoms with Crippen LogP contribution >= 0.6 is 23.5 Å². The Kier molecular flexibility index (Phi) is 12.7. The van der Waals surface area contributed by atoms with Crippen molar-refractivity contribution in [3.8, 4) is 0 Å². The molecule has 0 aliphatic carbocycles. The minimum absolute atomic E-state index is 0.130. The SMILES string of the molecule is CCCCC1(CC)C=C(c2ccccc2)c2ccccc2SC1.CCCCC1(CC)CSc2ccccc2C(c2ccccc2)C1=O. The summed E-state index contributed by atoms with van der Waals surface area (Å²) >= 11 is 3.91. The molecule has 246 valence electrons. The van der Waals surface area contributed by atoms with Crippen LogP contribution in [0.15, 0.2) is 125 Å². The van der Waals surface area contributed by atoms with Crippen molar-refractivity contribution in [1.29, 1.82) is 0 Å². The summed E-state index contributed by atoms with van der Waals surface area (Å²) in [5.74, 6) is 2.38. The third kappa shape index (κ3) is 8.18. The van der Waals surface area contributed by atoms with E-state index in [0.29, 0.717) is 11.2 Å². The molecule has 2 aliphatic heterocycles. The van der Waals surface area contributed by atoms with Crippen LogP contribution in [0.4, 0.5) is 0 Å². The van der Waals surface area contributed by atoms with Crippen molar-refractivity contribution in [3.05, 3.63) is 138 Å². The molecule has 4 aromatic carbocycles. The summed E-state index contributed by atoms with van der Waals surface area (Å²) in [6, 6.07) is 38.6. The first kappa shape index (κ1) is 35.3. The molecule has 0 amide bonds. The lowest BCUT2D eigenvalue weighted by Crippen LogP contribution is -2.36. The predicted octanol–water partition coefficient (Wildman–Crippen LogP) is 12.9. The lowest BCUT2D eigenvalue weighted by molar-refractivity contribution is -0.128. The molecule has 47 heavy (non-hydrogen) atoms. The molecule has 3 unspecified atom stereocenters. The van der Waals surface area contributed by atoms with Crippen LogP contribution in [0.3, 0.4) is 0 Å². The highest BCUT2D eigenvalue weighted by atomic mass is 32.2. The van der Waals surface area contributed by atoms with E-state index in [1.54, 1.807) is 0 Å². The predicted molar refractivity (Wildman–Crippen MR) is 206 cm³/mol. The van der Waals surface area contributed by atoms with Crippen LogP contribution in [0, 0.1) is 10.8 Å². The Morgan fingerprint density at radius 3 is 1.91 bits per heavy atom. The van der Waals surface area contributed by atoms with Gasteiger partial charge in [-0.05, 0) is 71.1 Å². The minimum atomic E-state index is -0.208. The number of thioether (sulfide) groups is 2. The van der Waals surface area contributed by atoms with E-state index in [4.69, 9.17) is 0 Å². The maximum absolute atomic E-state index is 13.8. The summed E-state index contributed by atoms with van der Waals surface area (Å²) in [5, 5.41) is 0. The Morgan fingerprint density at radius 2 is 1.23 bits per heavy atom. The van der Waals surface area contributed by atoms with Gasteiger partial charge in [0, 0.05) is 26.7 Å². The molecular weight excluding hydrogens is 609 g/mol. The van der Waals surface area contributed by atoms with Gasteiger partial charge in [0.25, 0.3) is 0 Å². The van der Waals surface area contributed by atoms with Crippen LogP contribution in [0.5, 0.6) is 0 Å². The molecule has 3 heteroatoms. The molecule has 1 nitrogen and oxygen atoms in total. The Hall–Kier alpha value is -3.01. The highest BCUT2D eigenvalue weighted by Crippen LogP contribution is 2.48. The molecule has 0 bridgehead atoms. The quantitative estimate of drug-likeness (QED) is 0.168. The van der Waals surface area contributed by atoms with Gasteiger partial charge in [-0.3, -0.25) is 4.79 Å². The number of hydrogen-bond acceptors (Lipinski definition) is 3. The zero-order chi connectivity index (χ0) is 33.1. The number of ketones is 1. The average molecular weight is 661 g/mol. The van der Waals surface area contributed by atoms with Gasteiger partial charge in [-0.2, -0.15) is 0 Å². The second kappa shape index (κ2) is 16.9. The van der Waals surface area contributed by atoms with Crippen molar-refractivity contribution >= 4 is 34.9 Å². The molecule has 0 spiro atoms. The van der Waals surface area contributed by atoms with Crippen LogP contribution in [-0.4, -0.2) is 17.3 Å². The van der Waals surface area contributed by atoms with E-state index in [-0.39, 0.29) is 11.3 Å². The molecular formula is C44H52OS2. The fourth-order valence-corrected chi connectivity index (χ4v) is 9.93. The van der Waals surface area contributed by atoms with Crippen LogP contribution in [0.2, 0.25) is 0 Å². The normalized spacial score (nSPS) is 22.1. The third-order valence-corrected chi connectivity index (χ3v) is 13.1. The number of unbranched alkanes of at least 4 members (excludes halogenated alkanes) is 2. The van der Waals surface area contributed by atoms with E-state index in [1.165, 1.54) is 63.5 Å². The molecule has 2 aliphatic rings. The van der Waals surface area contributed by atoms with Gasteiger partial charge >= 0.3 is 0 Å². The van der Waals surface area contributed by atoms with E-state index in [2.05, 4.69) is 125 Å². The molecule has 2 heterocycles. The van der Waals surface area contributed by atoms with Crippen LogP contribution < -0.4 is 0 Å². The number of allylic oxidation sites excluding steroid dienone is 1. The number of hydrogen-bond donors (Lipinski definition) is 0. The Bertz CT molecular complexity index is 1610. The average Bonchev–Trinajstić information content (AvgIpc) is 3.38. The van der Waals surface area contributed by atoms with Gasteiger partial charge in [-0.25, -0.2) is 0 Å². The monoisotopic (exact) mass is 660 g/mol. The van der Waals surface area contributed by atoms with Crippen molar-refractivity contribution in [2.75, 3.05) is 11.5 Å². The smallest absolute Gasteiger partial charge is 0.151 e. The number of benzene rings is 4. The van der Waals surface area contributed by atoms with E-state index in [9.17, 15) is 4.79 Å². The number of carbonyl (C=O) groups excluding carboxylic acids is 1. The lowest BCUT2D eigenvalue weighted by atomic mass is 9.70. The van der Waals surface area contributed by atoms with Crippen LogP contribution in [0.25, 0.3) is 5.57 Å². The van der Waals surface area contributed by atoms with Crippen molar-refractivity contribution in [2.24, 2.45) is 10.8 Å². The highest BCUT2D eigenvalue weighted by Gasteiger charge is 2.44. The summed E-state index contributed by atoms with van der Waals surface area (Å²) in [6.07, 6.45) is 11.9. The van der Waals surface area contributed by atoms with Crippen molar-refractivity contribution < 1.29 is 4.79 Å². The van der Waals surface area contributed by atoms with Gasteiger partial charge in [0.2, 0.25) is 0 Å². The summed E-state index contributed by atoms with van der Waals surface area (Å²) < 4.78 is 0. The minimum Gasteiger partial charge on any atom is -0.298 e. The Morgan fingerprint density at radius 1 is 0.638 bits per heavy atom. The summed E-state index contributed by atoms with van der Waals surface area (Å²) in [4.78, 5) is 16.4. The Balaban J connectivity index is 0.000000185. The lowest BCUT2D eigenvalue weighted by Gasteiger charge is -2.32. The van der Waals surface area contributed by atoms with E-state index >= 15 is 0 Å². The summed E-state index contributed by atoms with van der Waals surface area (Å²) in [7, 11) is 0. The molecule has 3 atom stereocenters. The highest BCUT2D eigenvalue weighted by molar-refractivity contribution is 7.99. The van der Waals surface area contributed by atoms with E-state index in [1.807, 2.05) is 41.7 Å². The van der Waals surface area contributed by atoms with Gasteiger partial charge in [0.15, 0.2) is 5.78 Å². The fourth-order valence-electron chi connectivity index (χ4n) is 7.10.